The summed E-state index contributed by atoms with van der Waals surface area (Å²) < 4.78 is 11.4. The van der Waals surface area contributed by atoms with Crippen LogP contribution in [0.4, 0.5) is 0 Å². The summed E-state index contributed by atoms with van der Waals surface area (Å²) in [7, 11) is 0.0541. The third-order valence-corrected chi connectivity index (χ3v) is 2.50. The maximum absolute atomic E-state index is 5.68. The van der Waals surface area contributed by atoms with Crippen molar-refractivity contribution in [3.05, 3.63) is 0 Å². The summed E-state index contributed by atoms with van der Waals surface area (Å²) >= 11 is 0. The third-order valence-electron chi connectivity index (χ3n) is 2.50. The van der Waals surface area contributed by atoms with E-state index in [4.69, 9.17) is 9.31 Å². The van der Waals surface area contributed by atoms with Gasteiger partial charge in [0, 0.05) is 19.1 Å². The van der Waals surface area contributed by atoms with Crippen LogP contribution in [0.3, 0.4) is 0 Å². The topological polar surface area (TPSA) is 18.5 Å². The molecule has 0 aromatic rings. The molecule has 0 aromatic heterocycles. The average molecular weight is 198 g/mol. The first-order valence-electron chi connectivity index (χ1n) is 5.81. The first-order valence-corrected chi connectivity index (χ1v) is 5.81. The van der Waals surface area contributed by atoms with Crippen LogP contribution in [0.2, 0.25) is 6.32 Å². The Balaban J connectivity index is 2.17. The second kappa shape index (κ2) is 5.77. The lowest BCUT2D eigenvalue weighted by Gasteiger charge is -2.29. The van der Waals surface area contributed by atoms with Gasteiger partial charge >= 0.3 is 7.12 Å². The molecule has 2 nitrogen and oxygen atoms in total. The summed E-state index contributed by atoms with van der Waals surface area (Å²) in [4.78, 5) is 0. The van der Waals surface area contributed by atoms with Gasteiger partial charge in [0.05, 0.1) is 0 Å². The van der Waals surface area contributed by atoms with Gasteiger partial charge in [-0.1, -0.05) is 27.7 Å². The van der Waals surface area contributed by atoms with Gasteiger partial charge in [-0.2, -0.15) is 0 Å². The Labute approximate surface area is 88.5 Å². The lowest BCUT2D eigenvalue weighted by Crippen LogP contribution is -2.36. The minimum atomic E-state index is 0.0541. The van der Waals surface area contributed by atoms with E-state index in [0.717, 1.165) is 25.5 Å². The van der Waals surface area contributed by atoms with Crippen molar-refractivity contribution >= 4 is 7.12 Å². The normalized spacial score (nSPS) is 19.7. The standard InChI is InChI=1S/C11H23BO2/c1-9(2)5-11-7-13-12(14-8-11)6-10(3)4/h9-11H,5-8H2,1-4H3. The molecular formula is C11H23BO2. The van der Waals surface area contributed by atoms with Gasteiger partial charge < -0.3 is 9.31 Å². The predicted octanol–water partition coefficient (Wildman–Crippen LogP) is 2.84. The van der Waals surface area contributed by atoms with Crippen LogP contribution in [0.5, 0.6) is 0 Å². The monoisotopic (exact) mass is 198 g/mol. The van der Waals surface area contributed by atoms with Crippen LogP contribution >= 0.6 is 0 Å². The Kier molecular flexibility index (Phi) is 4.97. The molecule has 1 saturated heterocycles. The van der Waals surface area contributed by atoms with E-state index in [1.165, 1.54) is 6.42 Å². The average Bonchev–Trinajstić information content (AvgIpc) is 2.06. The molecule has 0 unspecified atom stereocenters. The fourth-order valence-corrected chi connectivity index (χ4v) is 1.91. The summed E-state index contributed by atoms with van der Waals surface area (Å²) in [6, 6.07) is 0. The highest BCUT2D eigenvalue weighted by Crippen LogP contribution is 2.20. The molecule has 1 heterocycles. The maximum Gasteiger partial charge on any atom is 0.457 e. The molecule has 0 radical (unpaired) electrons. The molecule has 0 amide bonds. The molecule has 0 spiro atoms. The first kappa shape index (κ1) is 12.1. The van der Waals surface area contributed by atoms with Crippen LogP contribution in [0.25, 0.3) is 0 Å². The zero-order chi connectivity index (χ0) is 10.6. The molecule has 1 aliphatic rings. The highest BCUT2D eigenvalue weighted by molar-refractivity contribution is 6.44. The molecular weight excluding hydrogens is 175 g/mol. The molecule has 14 heavy (non-hydrogen) atoms. The van der Waals surface area contributed by atoms with Crippen molar-refractivity contribution in [1.29, 1.82) is 0 Å². The Morgan fingerprint density at radius 2 is 1.64 bits per heavy atom. The molecule has 0 atom stereocenters. The van der Waals surface area contributed by atoms with Crippen LogP contribution in [-0.4, -0.2) is 20.3 Å². The van der Waals surface area contributed by atoms with Gasteiger partial charge in [-0.3, -0.25) is 0 Å². The summed E-state index contributed by atoms with van der Waals surface area (Å²) in [6.45, 7) is 10.7. The van der Waals surface area contributed by atoms with Crippen molar-refractivity contribution in [3.63, 3.8) is 0 Å². The zero-order valence-corrected chi connectivity index (χ0v) is 9.95. The van der Waals surface area contributed by atoms with Crippen LogP contribution in [0.15, 0.2) is 0 Å². The van der Waals surface area contributed by atoms with E-state index < -0.39 is 0 Å². The minimum absolute atomic E-state index is 0.0541. The second-order valence-electron chi connectivity index (χ2n) is 5.22. The molecule has 82 valence electrons. The SMILES string of the molecule is CC(C)CB1OCC(CC(C)C)CO1. The van der Waals surface area contributed by atoms with Gasteiger partial charge in [-0.05, 0) is 24.6 Å². The zero-order valence-electron chi connectivity index (χ0n) is 9.95. The van der Waals surface area contributed by atoms with Crippen molar-refractivity contribution in [2.45, 2.75) is 40.4 Å². The molecule has 0 N–H and O–H groups in total. The minimum Gasteiger partial charge on any atom is -0.411 e. The highest BCUT2D eigenvalue weighted by Gasteiger charge is 2.27. The van der Waals surface area contributed by atoms with Crippen molar-refractivity contribution in [2.24, 2.45) is 17.8 Å². The Bertz CT molecular complexity index is 133. The Morgan fingerprint density at radius 3 is 2.07 bits per heavy atom. The molecule has 0 bridgehead atoms. The van der Waals surface area contributed by atoms with Crippen molar-refractivity contribution in [2.75, 3.05) is 13.2 Å². The van der Waals surface area contributed by atoms with Gasteiger partial charge in [0.15, 0.2) is 0 Å². The number of hydrogen-bond donors (Lipinski definition) is 0. The van der Waals surface area contributed by atoms with Crippen LogP contribution in [0.1, 0.15) is 34.1 Å². The van der Waals surface area contributed by atoms with E-state index in [9.17, 15) is 0 Å². The summed E-state index contributed by atoms with van der Waals surface area (Å²) in [6.07, 6.45) is 2.24. The van der Waals surface area contributed by atoms with Crippen LogP contribution < -0.4 is 0 Å². The second-order valence-corrected chi connectivity index (χ2v) is 5.22. The lowest BCUT2D eigenvalue weighted by atomic mass is 9.77. The van der Waals surface area contributed by atoms with Crippen LogP contribution in [0, 0.1) is 17.8 Å². The molecule has 1 fully saturated rings. The van der Waals surface area contributed by atoms with E-state index in [2.05, 4.69) is 27.7 Å². The summed E-state index contributed by atoms with van der Waals surface area (Å²) in [5, 5.41) is 0. The van der Waals surface area contributed by atoms with E-state index in [1.54, 1.807) is 0 Å². The van der Waals surface area contributed by atoms with E-state index in [1.807, 2.05) is 0 Å². The fraction of sp³-hybridized carbons (Fsp3) is 1.00. The largest absolute Gasteiger partial charge is 0.457 e. The lowest BCUT2D eigenvalue weighted by molar-refractivity contribution is 0.0674. The molecule has 0 aliphatic carbocycles. The third kappa shape index (κ3) is 4.47. The van der Waals surface area contributed by atoms with Gasteiger partial charge in [-0.25, -0.2) is 0 Å². The maximum atomic E-state index is 5.68. The van der Waals surface area contributed by atoms with Crippen LogP contribution in [-0.2, 0) is 9.31 Å². The van der Waals surface area contributed by atoms with Gasteiger partial charge in [-0.15, -0.1) is 0 Å². The van der Waals surface area contributed by atoms with Gasteiger partial charge in [0.1, 0.15) is 0 Å². The highest BCUT2D eigenvalue weighted by atomic mass is 16.6. The van der Waals surface area contributed by atoms with E-state index >= 15 is 0 Å². The van der Waals surface area contributed by atoms with Crippen molar-refractivity contribution in [1.82, 2.24) is 0 Å². The molecule has 0 saturated carbocycles. The quantitative estimate of drug-likeness (QED) is 0.646. The first-order chi connectivity index (χ1) is 6.58. The van der Waals surface area contributed by atoms with Crippen molar-refractivity contribution < 1.29 is 9.31 Å². The predicted molar refractivity (Wildman–Crippen MR) is 60.2 cm³/mol. The van der Waals surface area contributed by atoms with Crippen molar-refractivity contribution in [3.8, 4) is 0 Å². The van der Waals surface area contributed by atoms with E-state index in [0.29, 0.717) is 11.8 Å². The molecule has 1 aliphatic heterocycles. The smallest absolute Gasteiger partial charge is 0.411 e. The number of hydrogen-bond acceptors (Lipinski definition) is 2. The molecule has 3 heteroatoms. The fourth-order valence-electron chi connectivity index (χ4n) is 1.91. The van der Waals surface area contributed by atoms with Gasteiger partial charge in [0.25, 0.3) is 0 Å². The van der Waals surface area contributed by atoms with E-state index in [-0.39, 0.29) is 7.12 Å². The summed E-state index contributed by atoms with van der Waals surface area (Å²) in [5.74, 6) is 2.01. The van der Waals surface area contributed by atoms with Gasteiger partial charge in [0.2, 0.25) is 0 Å². The number of rotatable bonds is 4. The Morgan fingerprint density at radius 1 is 1.07 bits per heavy atom. The molecule has 0 aromatic carbocycles. The molecule has 1 rings (SSSR count). The Hall–Kier alpha value is -0.0151. The summed E-state index contributed by atoms with van der Waals surface area (Å²) in [5.41, 5.74) is 0.